The molecule has 27 heavy (non-hydrogen) atoms. The number of nitrogens with zero attached hydrogens (tertiary/aromatic N) is 2. The molecule has 0 N–H and O–H groups in total. The lowest BCUT2D eigenvalue weighted by atomic mass is 10.0. The van der Waals surface area contributed by atoms with Crippen LogP contribution in [-0.4, -0.2) is 10.3 Å². The van der Waals surface area contributed by atoms with Gasteiger partial charge in [-0.2, -0.15) is 0 Å². The maximum absolute atomic E-state index is 13.1. The van der Waals surface area contributed by atoms with E-state index in [2.05, 4.69) is 11.9 Å². The van der Waals surface area contributed by atoms with Crippen molar-refractivity contribution in [2.75, 3.05) is 0 Å². The predicted octanol–water partition coefficient (Wildman–Crippen LogP) is 5.95. The fraction of sp³-hybridized carbons (Fsp3) is 0.182. The highest BCUT2D eigenvalue weighted by molar-refractivity contribution is 6.31. The minimum absolute atomic E-state index is 0.0247. The summed E-state index contributed by atoms with van der Waals surface area (Å²) in [6.07, 6.45) is 3.90. The molecule has 0 bridgehead atoms. The number of aromatic nitrogens is 1. The van der Waals surface area contributed by atoms with Gasteiger partial charge >= 0.3 is 0 Å². The lowest BCUT2D eigenvalue weighted by molar-refractivity contribution is 0.631. The van der Waals surface area contributed by atoms with E-state index in [0.29, 0.717) is 27.9 Å². The molecule has 0 saturated carbocycles. The van der Waals surface area contributed by atoms with E-state index in [0.717, 1.165) is 35.0 Å². The van der Waals surface area contributed by atoms with E-state index in [1.54, 1.807) is 0 Å². The van der Waals surface area contributed by atoms with Gasteiger partial charge in [-0.25, -0.2) is 4.99 Å². The smallest absolute Gasteiger partial charge is 0.260 e. The van der Waals surface area contributed by atoms with Gasteiger partial charge in [0.1, 0.15) is 0 Å². The Morgan fingerprint density at radius 3 is 2.41 bits per heavy atom. The van der Waals surface area contributed by atoms with Gasteiger partial charge in [0.2, 0.25) is 0 Å². The van der Waals surface area contributed by atoms with Gasteiger partial charge < -0.3 is 4.57 Å². The van der Waals surface area contributed by atoms with Crippen LogP contribution >= 0.6 is 23.2 Å². The van der Waals surface area contributed by atoms with Crippen LogP contribution in [0.25, 0.3) is 16.6 Å². The molecular formula is C22H18Cl2N2O. The Morgan fingerprint density at radius 1 is 1.00 bits per heavy atom. The number of hydrogen-bond donors (Lipinski definition) is 0. The molecule has 0 unspecified atom stereocenters. The summed E-state index contributed by atoms with van der Waals surface area (Å²) in [7, 11) is 0. The average Bonchev–Trinajstić information content (AvgIpc) is 2.62. The number of aliphatic imine (C=N–C) groups is 1. The first-order valence-electron chi connectivity index (χ1n) is 8.96. The maximum Gasteiger partial charge on any atom is 0.260 e. The molecule has 0 radical (unpaired) electrons. The summed E-state index contributed by atoms with van der Waals surface area (Å²) in [4.78, 5) is 17.7. The summed E-state index contributed by atoms with van der Waals surface area (Å²) in [5.74, 6) is 0. The van der Waals surface area contributed by atoms with Crippen LogP contribution in [0.5, 0.6) is 0 Å². The van der Waals surface area contributed by atoms with Crippen LogP contribution < -0.4 is 5.56 Å². The molecule has 3 aromatic rings. The third-order valence-corrected chi connectivity index (χ3v) is 5.21. The van der Waals surface area contributed by atoms with Gasteiger partial charge in [-0.1, -0.05) is 54.7 Å². The van der Waals surface area contributed by atoms with Crippen molar-refractivity contribution in [3.8, 4) is 0 Å². The summed E-state index contributed by atoms with van der Waals surface area (Å²) in [6.45, 7) is 2.78. The van der Waals surface area contributed by atoms with Gasteiger partial charge in [-0.05, 0) is 48.2 Å². The van der Waals surface area contributed by atoms with Crippen LogP contribution in [0, 0.1) is 0 Å². The second kappa shape index (κ2) is 7.34. The molecule has 0 spiro atoms. The summed E-state index contributed by atoms with van der Waals surface area (Å²) >= 11 is 12.1. The summed E-state index contributed by atoms with van der Waals surface area (Å²) < 4.78 is 1.82. The molecule has 2 heterocycles. The number of hydrogen-bond acceptors (Lipinski definition) is 2. The Morgan fingerprint density at radius 2 is 1.70 bits per heavy atom. The minimum atomic E-state index is -0.0247. The number of unbranched alkanes of at least 4 members (excludes halogenated alkanes) is 1. The zero-order chi connectivity index (χ0) is 19.0. The highest BCUT2D eigenvalue weighted by atomic mass is 35.5. The monoisotopic (exact) mass is 396 g/mol. The zero-order valence-electron chi connectivity index (χ0n) is 14.9. The Hall–Kier alpha value is -2.36. The van der Waals surface area contributed by atoms with E-state index < -0.39 is 0 Å². The summed E-state index contributed by atoms with van der Waals surface area (Å²) in [6, 6.07) is 15.1. The van der Waals surface area contributed by atoms with E-state index in [9.17, 15) is 4.79 Å². The molecule has 1 aliphatic rings. The standard InChI is InChI=1S/C22H18Cl2N2O/c1-2-3-10-26-21-12-17(24)9-6-15(21)11-18(22(26)27)20-13-19(25-20)14-4-7-16(23)8-5-14/h4-9,11-13H,2-3,10H2,1H3. The molecule has 5 heteroatoms. The number of allylic oxidation sites excluding steroid dienone is 1. The lowest BCUT2D eigenvalue weighted by Gasteiger charge is -2.17. The van der Waals surface area contributed by atoms with Crippen molar-refractivity contribution in [2.45, 2.75) is 26.3 Å². The van der Waals surface area contributed by atoms with E-state index in [1.807, 2.05) is 59.2 Å². The molecule has 2 aromatic carbocycles. The number of pyridine rings is 1. The van der Waals surface area contributed by atoms with Crippen molar-refractivity contribution in [3.05, 3.63) is 86.1 Å². The number of rotatable bonds is 5. The number of fused-ring (bicyclic) bond motifs is 1. The third-order valence-electron chi connectivity index (χ3n) is 4.72. The van der Waals surface area contributed by atoms with E-state index in [-0.39, 0.29) is 5.56 Å². The van der Waals surface area contributed by atoms with Gasteiger partial charge in [-0.3, -0.25) is 4.79 Å². The number of benzene rings is 2. The SMILES string of the molecule is CCCCn1c(=O)c(C2=NC(c3ccc(Cl)cc3)=C2)cc2ccc(Cl)cc21. The van der Waals surface area contributed by atoms with E-state index in [1.165, 1.54) is 0 Å². The van der Waals surface area contributed by atoms with Gasteiger partial charge in [-0.15, -0.1) is 0 Å². The maximum atomic E-state index is 13.1. The highest BCUT2D eigenvalue weighted by Gasteiger charge is 2.19. The molecule has 0 saturated heterocycles. The molecule has 3 nitrogen and oxygen atoms in total. The second-order valence-corrected chi connectivity index (χ2v) is 7.48. The van der Waals surface area contributed by atoms with Gasteiger partial charge in [0.05, 0.1) is 22.5 Å². The first-order chi connectivity index (χ1) is 13.1. The molecule has 0 fully saturated rings. The van der Waals surface area contributed by atoms with Crippen LogP contribution in [0.4, 0.5) is 0 Å². The Bertz CT molecular complexity index is 1140. The van der Waals surface area contributed by atoms with Crippen LogP contribution in [0.1, 0.15) is 30.9 Å². The third kappa shape index (κ3) is 3.45. The van der Waals surface area contributed by atoms with Crippen LogP contribution in [-0.2, 0) is 6.54 Å². The molecule has 4 rings (SSSR count). The predicted molar refractivity (Wildman–Crippen MR) is 114 cm³/mol. The first kappa shape index (κ1) is 18.0. The fourth-order valence-corrected chi connectivity index (χ4v) is 3.52. The Kier molecular flexibility index (Phi) is 4.90. The fourth-order valence-electron chi connectivity index (χ4n) is 3.23. The summed E-state index contributed by atoms with van der Waals surface area (Å²) in [5, 5.41) is 2.31. The average molecular weight is 397 g/mol. The van der Waals surface area contributed by atoms with Gasteiger partial charge in [0.15, 0.2) is 0 Å². The first-order valence-corrected chi connectivity index (χ1v) is 9.72. The second-order valence-electron chi connectivity index (χ2n) is 6.61. The van der Waals surface area contributed by atoms with Crippen LogP contribution in [0.2, 0.25) is 10.0 Å². The highest BCUT2D eigenvalue weighted by Crippen LogP contribution is 2.27. The van der Waals surface area contributed by atoms with Crippen molar-refractivity contribution in [3.63, 3.8) is 0 Å². The molecule has 0 aliphatic carbocycles. The number of halogens is 2. The van der Waals surface area contributed by atoms with Crippen LogP contribution in [0.3, 0.4) is 0 Å². The molecule has 0 atom stereocenters. The lowest BCUT2D eigenvalue weighted by Crippen LogP contribution is -2.28. The number of aryl methyl sites for hydroxylation is 1. The largest absolute Gasteiger partial charge is 0.308 e. The van der Waals surface area contributed by atoms with Crippen molar-refractivity contribution in [1.29, 1.82) is 0 Å². The molecule has 0 amide bonds. The van der Waals surface area contributed by atoms with Crippen molar-refractivity contribution >= 4 is 45.5 Å². The van der Waals surface area contributed by atoms with E-state index in [4.69, 9.17) is 23.2 Å². The molecule has 1 aromatic heterocycles. The van der Waals surface area contributed by atoms with Crippen LogP contribution in [0.15, 0.2) is 64.4 Å². The van der Waals surface area contributed by atoms with Gasteiger partial charge in [0.25, 0.3) is 5.56 Å². The topological polar surface area (TPSA) is 34.4 Å². The van der Waals surface area contributed by atoms with Gasteiger partial charge in [0, 0.05) is 22.2 Å². The normalized spacial score (nSPS) is 13.3. The molecule has 136 valence electrons. The van der Waals surface area contributed by atoms with Crippen molar-refractivity contribution < 1.29 is 0 Å². The van der Waals surface area contributed by atoms with E-state index >= 15 is 0 Å². The van der Waals surface area contributed by atoms with Crippen molar-refractivity contribution in [2.24, 2.45) is 4.99 Å². The molecular weight excluding hydrogens is 379 g/mol. The van der Waals surface area contributed by atoms with Crippen molar-refractivity contribution in [1.82, 2.24) is 4.57 Å². The Labute approximate surface area is 167 Å². The quantitative estimate of drug-likeness (QED) is 0.524. The minimum Gasteiger partial charge on any atom is -0.308 e. The molecule has 1 aliphatic heterocycles. The Balaban J connectivity index is 1.76. The zero-order valence-corrected chi connectivity index (χ0v) is 16.4. The summed E-state index contributed by atoms with van der Waals surface area (Å²) in [5.41, 5.74) is 4.03.